The number of aromatic nitrogens is 2. The number of methoxy groups -OCH3 is 3. The fourth-order valence-electron chi connectivity index (χ4n) is 3.30. The zero-order valence-electron chi connectivity index (χ0n) is 17.5. The maximum absolute atomic E-state index is 13.3. The van der Waals surface area contributed by atoms with Gasteiger partial charge in [-0.25, -0.2) is 4.98 Å². The normalized spacial score (nSPS) is 11.5. The van der Waals surface area contributed by atoms with E-state index in [1.807, 2.05) is 30.3 Å². The summed E-state index contributed by atoms with van der Waals surface area (Å²) in [5.41, 5.74) is 0.0131. The molecule has 0 aliphatic carbocycles. The molecule has 1 atom stereocenters. The standard InChI is InChI=1S/C21H22N4O6/c1-24-11-10-22-20(24)16(13-8-6-5-7-9-13)23-21(26)14-12-15(29-2)18(30-3)19(31-4)17(14)25(27)28/h5-12,16H,1-4H3,(H,23,26). The van der Waals surface area contributed by atoms with E-state index >= 15 is 0 Å². The van der Waals surface area contributed by atoms with Crippen LogP contribution in [0.15, 0.2) is 48.8 Å². The minimum atomic E-state index is -0.692. The summed E-state index contributed by atoms with van der Waals surface area (Å²) in [6.07, 6.45) is 3.36. The molecule has 0 aliphatic rings. The van der Waals surface area contributed by atoms with Crippen LogP contribution in [0.3, 0.4) is 0 Å². The van der Waals surface area contributed by atoms with Crippen molar-refractivity contribution >= 4 is 11.6 Å². The number of ether oxygens (including phenoxy) is 3. The van der Waals surface area contributed by atoms with E-state index in [1.54, 1.807) is 24.0 Å². The van der Waals surface area contributed by atoms with Crippen LogP contribution >= 0.6 is 0 Å². The van der Waals surface area contributed by atoms with Crippen LogP contribution in [0.4, 0.5) is 5.69 Å². The third kappa shape index (κ3) is 4.13. The summed E-state index contributed by atoms with van der Waals surface area (Å²) in [5.74, 6) is -0.178. The Kier molecular flexibility index (Phi) is 6.39. The zero-order chi connectivity index (χ0) is 22.5. The topological polar surface area (TPSA) is 118 Å². The largest absolute Gasteiger partial charge is 0.493 e. The second kappa shape index (κ2) is 9.16. The molecule has 3 rings (SSSR count). The fraction of sp³-hybridized carbons (Fsp3) is 0.238. The van der Waals surface area contributed by atoms with Gasteiger partial charge in [0.2, 0.25) is 11.5 Å². The number of benzene rings is 2. The molecule has 0 aliphatic heterocycles. The first-order valence-corrected chi connectivity index (χ1v) is 9.23. The van der Waals surface area contributed by atoms with Crippen molar-refractivity contribution in [2.45, 2.75) is 6.04 Å². The van der Waals surface area contributed by atoms with Gasteiger partial charge in [-0.1, -0.05) is 30.3 Å². The van der Waals surface area contributed by atoms with Crippen molar-refractivity contribution in [1.82, 2.24) is 14.9 Å². The summed E-state index contributed by atoms with van der Waals surface area (Å²) in [6.45, 7) is 0. The van der Waals surface area contributed by atoms with Gasteiger partial charge in [0.25, 0.3) is 5.91 Å². The molecule has 10 heteroatoms. The first-order valence-electron chi connectivity index (χ1n) is 9.23. The summed E-state index contributed by atoms with van der Waals surface area (Å²) in [5, 5.41) is 14.7. The van der Waals surface area contributed by atoms with E-state index < -0.39 is 22.6 Å². The number of amides is 1. The van der Waals surface area contributed by atoms with E-state index in [2.05, 4.69) is 10.3 Å². The highest BCUT2D eigenvalue weighted by Crippen LogP contribution is 2.46. The van der Waals surface area contributed by atoms with E-state index in [4.69, 9.17) is 14.2 Å². The number of imidazole rings is 1. The van der Waals surface area contributed by atoms with Crippen LogP contribution < -0.4 is 19.5 Å². The molecule has 3 aromatic rings. The number of aryl methyl sites for hydroxylation is 1. The van der Waals surface area contributed by atoms with Gasteiger partial charge in [0, 0.05) is 25.5 Å². The molecule has 1 heterocycles. The lowest BCUT2D eigenvalue weighted by atomic mass is 10.0. The Bertz CT molecular complexity index is 1100. The summed E-state index contributed by atoms with van der Waals surface area (Å²) in [4.78, 5) is 28.8. The lowest BCUT2D eigenvalue weighted by Crippen LogP contribution is -2.31. The van der Waals surface area contributed by atoms with Crippen LogP contribution in [0, 0.1) is 10.1 Å². The Morgan fingerprint density at radius 2 is 1.81 bits per heavy atom. The number of nitrogens with one attached hydrogen (secondary N) is 1. The highest BCUT2D eigenvalue weighted by Gasteiger charge is 2.34. The van der Waals surface area contributed by atoms with Crippen molar-refractivity contribution < 1.29 is 23.9 Å². The quantitative estimate of drug-likeness (QED) is 0.435. The number of nitro groups is 1. The molecular formula is C21H22N4O6. The Morgan fingerprint density at radius 3 is 2.32 bits per heavy atom. The molecule has 1 amide bonds. The third-order valence-electron chi connectivity index (χ3n) is 4.76. The van der Waals surface area contributed by atoms with Crippen molar-refractivity contribution in [3.05, 3.63) is 75.9 Å². The van der Waals surface area contributed by atoms with Crippen LogP contribution in [0.5, 0.6) is 17.2 Å². The number of nitrogens with zero attached hydrogens (tertiary/aromatic N) is 3. The second-order valence-corrected chi connectivity index (χ2v) is 6.51. The van der Waals surface area contributed by atoms with Gasteiger partial charge in [0.1, 0.15) is 17.4 Å². The van der Waals surface area contributed by atoms with Crippen molar-refractivity contribution in [2.75, 3.05) is 21.3 Å². The maximum Gasteiger partial charge on any atom is 0.327 e. The molecule has 0 saturated carbocycles. The van der Waals surface area contributed by atoms with Gasteiger partial charge < -0.3 is 24.1 Å². The molecule has 162 valence electrons. The van der Waals surface area contributed by atoms with E-state index in [0.717, 1.165) is 5.56 Å². The molecule has 1 aromatic heterocycles. The predicted octanol–water partition coefficient (Wildman–Crippen LogP) is 2.87. The Morgan fingerprint density at radius 1 is 1.13 bits per heavy atom. The first-order chi connectivity index (χ1) is 14.9. The molecular weight excluding hydrogens is 404 g/mol. The van der Waals surface area contributed by atoms with Crippen LogP contribution in [-0.2, 0) is 7.05 Å². The lowest BCUT2D eigenvalue weighted by molar-refractivity contribution is -0.386. The highest BCUT2D eigenvalue weighted by molar-refractivity contribution is 6.01. The monoisotopic (exact) mass is 426 g/mol. The predicted molar refractivity (Wildman–Crippen MR) is 112 cm³/mol. The summed E-state index contributed by atoms with van der Waals surface area (Å²) in [7, 11) is 5.75. The van der Waals surface area contributed by atoms with E-state index in [9.17, 15) is 14.9 Å². The molecule has 0 radical (unpaired) electrons. The Labute approximate surface area is 178 Å². The molecule has 10 nitrogen and oxygen atoms in total. The number of carbonyl (C=O) groups is 1. The van der Waals surface area contributed by atoms with Crippen molar-refractivity contribution in [1.29, 1.82) is 0 Å². The van der Waals surface area contributed by atoms with Crippen LogP contribution in [0.2, 0.25) is 0 Å². The summed E-state index contributed by atoms with van der Waals surface area (Å²) in [6, 6.07) is 9.80. The van der Waals surface area contributed by atoms with E-state index in [1.165, 1.54) is 27.4 Å². The third-order valence-corrected chi connectivity index (χ3v) is 4.76. The highest BCUT2D eigenvalue weighted by atomic mass is 16.6. The van der Waals surface area contributed by atoms with Crippen LogP contribution in [0.25, 0.3) is 0 Å². The van der Waals surface area contributed by atoms with Gasteiger partial charge in [-0.3, -0.25) is 14.9 Å². The minimum absolute atomic E-state index is 0.0250. The molecule has 1 N–H and O–H groups in total. The van der Waals surface area contributed by atoms with E-state index in [0.29, 0.717) is 5.82 Å². The summed E-state index contributed by atoms with van der Waals surface area (Å²) < 4.78 is 17.4. The van der Waals surface area contributed by atoms with Crippen LogP contribution in [0.1, 0.15) is 27.8 Å². The summed E-state index contributed by atoms with van der Waals surface area (Å²) >= 11 is 0. The zero-order valence-corrected chi connectivity index (χ0v) is 17.5. The smallest absolute Gasteiger partial charge is 0.327 e. The average Bonchev–Trinajstić information content (AvgIpc) is 3.21. The van der Waals surface area contributed by atoms with Crippen molar-refractivity contribution in [2.24, 2.45) is 7.05 Å². The molecule has 0 bridgehead atoms. The number of nitro benzene ring substituents is 1. The molecule has 31 heavy (non-hydrogen) atoms. The molecule has 0 spiro atoms. The van der Waals surface area contributed by atoms with Gasteiger partial charge in [-0.05, 0) is 5.56 Å². The SMILES string of the molecule is COc1cc(C(=O)NC(c2ccccc2)c2nccn2C)c([N+](=O)[O-])c(OC)c1OC. The lowest BCUT2D eigenvalue weighted by Gasteiger charge is -2.20. The van der Waals surface area contributed by atoms with Crippen molar-refractivity contribution in [3.8, 4) is 17.2 Å². The molecule has 2 aromatic carbocycles. The average molecular weight is 426 g/mol. The fourth-order valence-corrected chi connectivity index (χ4v) is 3.30. The number of hydrogen-bond donors (Lipinski definition) is 1. The van der Waals surface area contributed by atoms with Gasteiger partial charge in [-0.2, -0.15) is 0 Å². The van der Waals surface area contributed by atoms with Gasteiger partial charge >= 0.3 is 5.69 Å². The first kappa shape index (κ1) is 21.6. The van der Waals surface area contributed by atoms with E-state index in [-0.39, 0.29) is 22.8 Å². The Balaban J connectivity index is 2.13. The Hall–Kier alpha value is -4.08. The van der Waals surface area contributed by atoms with Crippen molar-refractivity contribution in [3.63, 3.8) is 0 Å². The van der Waals surface area contributed by atoms with Gasteiger partial charge in [0.15, 0.2) is 5.75 Å². The number of rotatable bonds is 8. The number of hydrogen-bond acceptors (Lipinski definition) is 7. The minimum Gasteiger partial charge on any atom is -0.493 e. The molecule has 1 unspecified atom stereocenters. The molecule has 0 fully saturated rings. The number of carbonyl (C=O) groups excluding carboxylic acids is 1. The van der Waals surface area contributed by atoms with Gasteiger partial charge in [0.05, 0.1) is 26.3 Å². The maximum atomic E-state index is 13.3. The van der Waals surface area contributed by atoms with Gasteiger partial charge in [-0.15, -0.1) is 0 Å². The molecule has 0 saturated heterocycles. The second-order valence-electron chi connectivity index (χ2n) is 6.51. The van der Waals surface area contributed by atoms with Crippen LogP contribution in [-0.4, -0.2) is 41.7 Å².